The lowest BCUT2D eigenvalue weighted by Gasteiger charge is -2.06. The molecule has 0 amide bonds. The Morgan fingerprint density at radius 1 is 1.43 bits per heavy atom. The molecule has 4 heteroatoms. The molecule has 0 spiro atoms. The molecule has 0 N–H and O–H groups in total. The number of rotatable bonds is 3. The van der Waals surface area contributed by atoms with Crippen LogP contribution in [-0.4, -0.2) is 11.6 Å². The molecule has 0 aromatic heterocycles. The van der Waals surface area contributed by atoms with Gasteiger partial charge in [0.25, 0.3) is 0 Å². The molecule has 0 aliphatic heterocycles. The molecule has 1 unspecified atom stereocenters. The molecule has 1 atom stereocenters. The van der Waals surface area contributed by atoms with Gasteiger partial charge in [-0.25, -0.2) is 0 Å². The number of hydrogen-bond acceptors (Lipinski definition) is 2. The zero-order chi connectivity index (χ0) is 10.7. The highest BCUT2D eigenvalue weighted by Gasteiger charge is 2.21. The molecular formula is C10H8BrClO2. The largest absolute Gasteiger partial charge is 0.291 e. The minimum absolute atomic E-state index is 0.523. The van der Waals surface area contributed by atoms with Crippen LogP contribution in [0.1, 0.15) is 17.9 Å². The van der Waals surface area contributed by atoms with Crippen molar-refractivity contribution in [2.24, 2.45) is 0 Å². The second-order valence-corrected chi connectivity index (χ2v) is 4.19. The van der Waals surface area contributed by atoms with Crippen molar-refractivity contribution in [2.45, 2.75) is 12.3 Å². The van der Waals surface area contributed by atoms with Gasteiger partial charge >= 0.3 is 0 Å². The first-order valence-electron chi connectivity index (χ1n) is 3.96. The van der Waals surface area contributed by atoms with Crippen molar-refractivity contribution in [1.29, 1.82) is 0 Å². The number of carbonyl (C=O) groups excluding carboxylic acids is 2. The van der Waals surface area contributed by atoms with Crippen molar-refractivity contribution in [1.82, 2.24) is 0 Å². The average molecular weight is 276 g/mol. The summed E-state index contributed by atoms with van der Waals surface area (Å²) in [5, 5.41) is -0.884. The van der Waals surface area contributed by atoms with Gasteiger partial charge in [-0.2, -0.15) is 0 Å². The van der Waals surface area contributed by atoms with Crippen molar-refractivity contribution in [3.05, 3.63) is 34.3 Å². The highest BCUT2D eigenvalue weighted by molar-refractivity contribution is 9.10. The van der Waals surface area contributed by atoms with Gasteiger partial charge in [0.1, 0.15) is 5.38 Å². The SMILES string of the molecule is CC(=O)C(=O)C(Cl)c1cccc(Br)c1. The van der Waals surface area contributed by atoms with Crippen LogP contribution in [0.25, 0.3) is 0 Å². The molecule has 0 saturated heterocycles. The van der Waals surface area contributed by atoms with Crippen molar-refractivity contribution >= 4 is 39.1 Å². The van der Waals surface area contributed by atoms with E-state index in [0.29, 0.717) is 5.56 Å². The van der Waals surface area contributed by atoms with Gasteiger partial charge in [0.15, 0.2) is 5.78 Å². The fraction of sp³-hybridized carbons (Fsp3) is 0.200. The normalized spacial score (nSPS) is 12.2. The van der Waals surface area contributed by atoms with Crippen LogP contribution in [0.15, 0.2) is 28.7 Å². The van der Waals surface area contributed by atoms with E-state index in [1.54, 1.807) is 18.2 Å². The Morgan fingerprint density at radius 2 is 2.07 bits per heavy atom. The monoisotopic (exact) mass is 274 g/mol. The highest BCUT2D eigenvalue weighted by Crippen LogP contribution is 2.24. The van der Waals surface area contributed by atoms with Gasteiger partial charge in [-0.05, 0) is 17.7 Å². The standard InChI is InChI=1S/C10H8BrClO2/c1-6(13)10(14)9(12)7-3-2-4-8(11)5-7/h2-5,9H,1H3. The smallest absolute Gasteiger partial charge is 0.220 e. The number of benzene rings is 1. The summed E-state index contributed by atoms with van der Waals surface area (Å²) in [6, 6.07) is 7.02. The molecule has 1 aromatic rings. The van der Waals surface area contributed by atoms with Gasteiger partial charge < -0.3 is 0 Å². The molecule has 0 radical (unpaired) electrons. The van der Waals surface area contributed by atoms with E-state index in [1.165, 1.54) is 6.92 Å². The summed E-state index contributed by atoms with van der Waals surface area (Å²) in [6.45, 7) is 1.22. The summed E-state index contributed by atoms with van der Waals surface area (Å²) >= 11 is 9.09. The van der Waals surface area contributed by atoms with Gasteiger partial charge in [-0.1, -0.05) is 28.1 Å². The van der Waals surface area contributed by atoms with E-state index in [9.17, 15) is 9.59 Å². The van der Waals surface area contributed by atoms with E-state index in [1.807, 2.05) is 6.07 Å². The minimum atomic E-state index is -0.884. The maximum absolute atomic E-state index is 11.3. The van der Waals surface area contributed by atoms with Gasteiger partial charge in [0, 0.05) is 11.4 Å². The summed E-state index contributed by atoms with van der Waals surface area (Å²) < 4.78 is 0.831. The molecule has 1 rings (SSSR count). The maximum Gasteiger partial charge on any atom is 0.220 e. The van der Waals surface area contributed by atoms with E-state index < -0.39 is 16.9 Å². The number of carbonyl (C=O) groups is 2. The number of Topliss-reactive ketones (excluding diaryl/α,β-unsaturated/α-hetero) is 2. The van der Waals surface area contributed by atoms with Gasteiger partial charge in [0.2, 0.25) is 5.78 Å². The Labute approximate surface area is 95.4 Å². The molecule has 0 aliphatic carbocycles. The lowest BCUT2D eigenvalue weighted by atomic mass is 10.1. The molecular weight excluding hydrogens is 267 g/mol. The van der Waals surface area contributed by atoms with Crippen molar-refractivity contribution in [3.63, 3.8) is 0 Å². The summed E-state index contributed by atoms with van der Waals surface area (Å²) in [6.07, 6.45) is 0. The zero-order valence-corrected chi connectivity index (χ0v) is 9.80. The van der Waals surface area contributed by atoms with Crippen molar-refractivity contribution in [2.75, 3.05) is 0 Å². The molecule has 0 heterocycles. The predicted molar refractivity (Wildman–Crippen MR) is 58.4 cm³/mol. The van der Waals surface area contributed by atoms with E-state index in [0.717, 1.165) is 4.47 Å². The molecule has 74 valence electrons. The van der Waals surface area contributed by atoms with E-state index in [2.05, 4.69) is 15.9 Å². The summed E-state index contributed by atoms with van der Waals surface area (Å²) in [4.78, 5) is 22.1. The first-order chi connectivity index (χ1) is 6.52. The summed E-state index contributed by atoms with van der Waals surface area (Å²) in [5.74, 6) is -1.10. The molecule has 0 aliphatic rings. The molecule has 14 heavy (non-hydrogen) atoms. The number of ketones is 2. The molecule has 2 nitrogen and oxygen atoms in total. The Morgan fingerprint density at radius 3 is 2.57 bits per heavy atom. The van der Waals surface area contributed by atoms with Crippen LogP contribution < -0.4 is 0 Å². The van der Waals surface area contributed by atoms with Crippen LogP contribution >= 0.6 is 27.5 Å². The first-order valence-corrected chi connectivity index (χ1v) is 5.19. The van der Waals surface area contributed by atoms with Crippen LogP contribution in [0.2, 0.25) is 0 Å². The summed E-state index contributed by atoms with van der Waals surface area (Å²) in [7, 11) is 0. The predicted octanol–water partition coefficient (Wildman–Crippen LogP) is 2.89. The van der Waals surface area contributed by atoms with Gasteiger partial charge in [-0.3, -0.25) is 9.59 Å². The second kappa shape index (κ2) is 4.71. The Balaban J connectivity index is 2.95. The third-order valence-electron chi connectivity index (χ3n) is 1.72. The van der Waals surface area contributed by atoms with Crippen LogP contribution in [0, 0.1) is 0 Å². The topological polar surface area (TPSA) is 34.1 Å². The third-order valence-corrected chi connectivity index (χ3v) is 2.66. The fourth-order valence-electron chi connectivity index (χ4n) is 0.994. The van der Waals surface area contributed by atoms with Crippen molar-refractivity contribution in [3.8, 4) is 0 Å². The van der Waals surface area contributed by atoms with E-state index in [-0.39, 0.29) is 0 Å². The molecule has 0 fully saturated rings. The van der Waals surface area contributed by atoms with Gasteiger partial charge in [0.05, 0.1) is 0 Å². The number of alkyl halides is 1. The van der Waals surface area contributed by atoms with E-state index >= 15 is 0 Å². The van der Waals surface area contributed by atoms with E-state index in [4.69, 9.17) is 11.6 Å². The average Bonchev–Trinajstić information content (AvgIpc) is 2.15. The van der Waals surface area contributed by atoms with Crippen LogP contribution in [0.5, 0.6) is 0 Å². The maximum atomic E-state index is 11.3. The highest BCUT2D eigenvalue weighted by atomic mass is 79.9. The van der Waals surface area contributed by atoms with Gasteiger partial charge in [-0.15, -0.1) is 11.6 Å². The number of hydrogen-bond donors (Lipinski definition) is 0. The Hall–Kier alpha value is -0.670. The summed E-state index contributed by atoms with van der Waals surface area (Å²) in [5.41, 5.74) is 0.626. The fourth-order valence-corrected chi connectivity index (χ4v) is 1.70. The lowest BCUT2D eigenvalue weighted by Crippen LogP contribution is -2.15. The van der Waals surface area contributed by atoms with Crippen LogP contribution in [-0.2, 0) is 9.59 Å². The quantitative estimate of drug-likeness (QED) is 0.628. The number of halogens is 2. The minimum Gasteiger partial charge on any atom is -0.291 e. The molecule has 0 bridgehead atoms. The van der Waals surface area contributed by atoms with Crippen LogP contribution in [0.3, 0.4) is 0 Å². The zero-order valence-electron chi connectivity index (χ0n) is 7.46. The molecule has 0 saturated carbocycles. The Bertz CT molecular complexity index is 376. The van der Waals surface area contributed by atoms with Crippen molar-refractivity contribution < 1.29 is 9.59 Å². The molecule has 1 aromatic carbocycles. The third kappa shape index (κ3) is 2.66. The Kier molecular flexibility index (Phi) is 3.84. The lowest BCUT2D eigenvalue weighted by molar-refractivity contribution is -0.135. The second-order valence-electron chi connectivity index (χ2n) is 2.84. The first kappa shape index (κ1) is 11.4. The van der Waals surface area contributed by atoms with Crippen LogP contribution in [0.4, 0.5) is 0 Å².